The highest BCUT2D eigenvalue weighted by Gasteiger charge is 2.15. The standard InChI is InChI=1S/C25H34FN5O2/c1-2-11-28-15-17-29(18-16-28)12-5-10-27-24(32)7-4-14-31-23-19-20(26)8-9-21(23)30-13-3-6-22(30)25(31)33/h3,6,8-9,13,19H,2,4-5,7,10-12,14-18H2,1H3,(H,27,32). The van der Waals surface area contributed by atoms with E-state index in [4.69, 9.17) is 0 Å². The highest BCUT2D eigenvalue weighted by atomic mass is 19.1. The van der Waals surface area contributed by atoms with Gasteiger partial charge in [0.15, 0.2) is 0 Å². The van der Waals surface area contributed by atoms with E-state index in [2.05, 4.69) is 22.0 Å². The van der Waals surface area contributed by atoms with Crippen LogP contribution in [0.4, 0.5) is 4.39 Å². The molecule has 0 spiro atoms. The van der Waals surface area contributed by atoms with Crippen LogP contribution in [-0.2, 0) is 11.3 Å². The number of halogens is 1. The molecule has 3 heterocycles. The smallest absolute Gasteiger partial charge is 0.275 e. The minimum atomic E-state index is -0.383. The van der Waals surface area contributed by atoms with Crippen molar-refractivity contribution in [2.24, 2.45) is 0 Å². The van der Waals surface area contributed by atoms with Crippen LogP contribution < -0.4 is 10.9 Å². The molecule has 1 aliphatic heterocycles. The third kappa shape index (κ3) is 5.62. The number of carbonyl (C=O) groups excluding carboxylic acids is 1. The van der Waals surface area contributed by atoms with E-state index in [0.717, 1.165) is 44.7 Å². The number of rotatable bonds is 10. The molecular weight excluding hydrogens is 421 g/mol. The summed E-state index contributed by atoms with van der Waals surface area (Å²) in [5.41, 5.74) is 1.70. The van der Waals surface area contributed by atoms with Gasteiger partial charge >= 0.3 is 0 Å². The number of carbonyl (C=O) groups is 1. The fourth-order valence-corrected chi connectivity index (χ4v) is 4.72. The average Bonchev–Trinajstić information content (AvgIpc) is 3.30. The van der Waals surface area contributed by atoms with Crippen molar-refractivity contribution in [3.8, 4) is 0 Å². The van der Waals surface area contributed by atoms with Gasteiger partial charge in [-0.15, -0.1) is 0 Å². The van der Waals surface area contributed by atoms with Gasteiger partial charge in [-0.3, -0.25) is 9.59 Å². The first-order chi connectivity index (χ1) is 16.1. The summed E-state index contributed by atoms with van der Waals surface area (Å²) in [5, 5.41) is 3.00. The topological polar surface area (TPSA) is 62.0 Å². The van der Waals surface area contributed by atoms with Crippen LogP contribution in [0, 0.1) is 5.82 Å². The maximum absolute atomic E-state index is 13.9. The monoisotopic (exact) mass is 455 g/mol. The van der Waals surface area contributed by atoms with E-state index in [0.29, 0.717) is 37.0 Å². The Morgan fingerprint density at radius 2 is 1.73 bits per heavy atom. The minimum absolute atomic E-state index is 0.00457. The molecule has 1 amide bonds. The van der Waals surface area contributed by atoms with Gasteiger partial charge < -0.3 is 24.1 Å². The molecule has 0 atom stereocenters. The van der Waals surface area contributed by atoms with Gasteiger partial charge in [0, 0.05) is 51.9 Å². The molecule has 8 heteroatoms. The fourth-order valence-electron chi connectivity index (χ4n) is 4.72. The number of hydrogen-bond donors (Lipinski definition) is 1. The van der Waals surface area contributed by atoms with Gasteiger partial charge in [0.1, 0.15) is 11.3 Å². The third-order valence-corrected chi connectivity index (χ3v) is 6.46. The maximum atomic E-state index is 13.9. The normalized spacial score (nSPS) is 15.5. The van der Waals surface area contributed by atoms with E-state index in [1.165, 1.54) is 25.1 Å². The summed E-state index contributed by atoms with van der Waals surface area (Å²) in [5.74, 6) is -0.387. The summed E-state index contributed by atoms with van der Waals surface area (Å²) >= 11 is 0. The molecule has 1 N–H and O–H groups in total. The molecule has 0 saturated carbocycles. The Hall–Kier alpha value is -2.71. The highest BCUT2D eigenvalue weighted by Crippen LogP contribution is 2.17. The fraction of sp³-hybridized carbons (Fsp3) is 0.520. The van der Waals surface area contributed by atoms with Gasteiger partial charge in [-0.05, 0) is 62.7 Å². The van der Waals surface area contributed by atoms with Crippen LogP contribution in [0.1, 0.15) is 32.6 Å². The molecule has 1 aliphatic rings. The Balaban J connectivity index is 1.24. The number of nitrogens with zero attached hydrogens (tertiary/aromatic N) is 4. The van der Waals surface area contributed by atoms with Crippen LogP contribution >= 0.6 is 0 Å². The Morgan fingerprint density at radius 1 is 0.970 bits per heavy atom. The number of benzene rings is 1. The van der Waals surface area contributed by atoms with Crippen molar-refractivity contribution in [3.05, 3.63) is 52.7 Å². The van der Waals surface area contributed by atoms with E-state index >= 15 is 0 Å². The Morgan fingerprint density at radius 3 is 2.48 bits per heavy atom. The quantitative estimate of drug-likeness (QED) is 0.478. The van der Waals surface area contributed by atoms with Crippen molar-refractivity contribution in [2.75, 3.05) is 45.8 Å². The maximum Gasteiger partial charge on any atom is 0.275 e. The van der Waals surface area contributed by atoms with E-state index < -0.39 is 0 Å². The van der Waals surface area contributed by atoms with Crippen molar-refractivity contribution in [1.82, 2.24) is 24.1 Å². The molecule has 4 rings (SSSR count). The van der Waals surface area contributed by atoms with Gasteiger partial charge in [-0.2, -0.15) is 0 Å². The van der Waals surface area contributed by atoms with Crippen molar-refractivity contribution in [1.29, 1.82) is 0 Å². The molecule has 33 heavy (non-hydrogen) atoms. The van der Waals surface area contributed by atoms with E-state index in [-0.39, 0.29) is 17.3 Å². The van der Waals surface area contributed by atoms with Crippen LogP contribution in [0.3, 0.4) is 0 Å². The van der Waals surface area contributed by atoms with Crippen molar-refractivity contribution >= 4 is 22.5 Å². The van der Waals surface area contributed by atoms with Gasteiger partial charge in [0.05, 0.1) is 11.0 Å². The molecule has 1 fully saturated rings. The number of aromatic nitrogens is 2. The predicted octanol–water partition coefficient (Wildman–Crippen LogP) is 2.71. The summed E-state index contributed by atoms with van der Waals surface area (Å²) in [6.07, 6.45) is 4.81. The summed E-state index contributed by atoms with van der Waals surface area (Å²) in [6, 6.07) is 8.04. The zero-order valence-electron chi connectivity index (χ0n) is 19.4. The lowest BCUT2D eigenvalue weighted by Crippen LogP contribution is -2.47. The highest BCUT2D eigenvalue weighted by molar-refractivity contribution is 5.79. The van der Waals surface area contributed by atoms with Gasteiger partial charge in [0.2, 0.25) is 5.91 Å². The summed E-state index contributed by atoms with van der Waals surface area (Å²) in [7, 11) is 0. The van der Waals surface area contributed by atoms with Gasteiger partial charge in [-0.25, -0.2) is 4.39 Å². The van der Waals surface area contributed by atoms with E-state index in [9.17, 15) is 14.0 Å². The van der Waals surface area contributed by atoms with Crippen LogP contribution in [0.15, 0.2) is 41.3 Å². The number of piperazine rings is 1. The first kappa shape index (κ1) is 23.4. The lowest BCUT2D eigenvalue weighted by atomic mass is 10.2. The molecule has 2 aromatic heterocycles. The SMILES string of the molecule is CCCN1CCN(CCCNC(=O)CCCn2c(=O)c3cccn3c3ccc(F)cc32)CC1. The average molecular weight is 456 g/mol. The van der Waals surface area contributed by atoms with E-state index in [1.54, 1.807) is 27.3 Å². The third-order valence-electron chi connectivity index (χ3n) is 6.46. The second kappa shape index (κ2) is 10.9. The molecule has 3 aromatic rings. The molecule has 178 valence electrons. The van der Waals surface area contributed by atoms with Gasteiger partial charge in [0.25, 0.3) is 5.56 Å². The predicted molar refractivity (Wildman–Crippen MR) is 129 cm³/mol. The molecule has 0 radical (unpaired) electrons. The first-order valence-corrected chi connectivity index (χ1v) is 12.1. The van der Waals surface area contributed by atoms with Crippen LogP contribution in [0.2, 0.25) is 0 Å². The largest absolute Gasteiger partial charge is 0.356 e. The van der Waals surface area contributed by atoms with Crippen LogP contribution in [-0.4, -0.2) is 70.5 Å². The summed E-state index contributed by atoms with van der Waals surface area (Å²) in [4.78, 5) is 30.2. The second-order valence-electron chi connectivity index (χ2n) is 8.84. The van der Waals surface area contributed by atoms with E-state index in [1.807, 2.05) is 6.07 Å². The molecule has 1 saturated heterocycles. The number of aryl methyl sites for hydroxylation is 1. The van der Waals surface area contributed by atoms with Gasteiger partial charge in [-0.1, -0.05) is 6.92 Å². The minimum Gasteiger partial charge on any atom is -0.356 e. The Kier molecular flexibility index (Phi) is 7.77. The Labute approximate surface area is 193 Å². The molecule has 0 aliphatic carbocycles. The number of hydrogen-bond acceptors (Lipinski definition) is 4. The lowest BCUT2D eigenvalue weighted by molar-refractivity contribution is -0.121. The molecule has 7 nitrogen and oxygen atoms in total. The van der Waals surface area contributed by atoms with Crippen molar-refractivity contribution < 1.29 is 9.18 Å². The Bertz CT molecular complexity index is 1150. The van der Waals surface area contributed by atoms with Crippen LogP contribution in [0.5, 0.6) is 0 Å². The van der Waals surface area contributed by atoms with Crippen molar-refractivity contribution in [2.45, 2.75) is 39.2 Å². The molecular formula is C25H34FN5O2. The molecule has 0 bridgehead atoms. The van der Waals surface area contributed by atoms with Crippen molar-refractivity contribution in [3.63, 3.8) is 0 Å². The second-order valence-corrected chi connectivity index (χ2v) is 8.84. The number of amides is 1. The zero-order valence-corrected chi connectivity index (χ0v) is 19.4. The first-order valence-electron chi connectivity index (χ1n) is 12.1. The van der Waals surface area contributed by atoms with Crippen LogP contribution in [0.25, 0.3) is 16.6 Å². The summed E-state index contributed by atoms with van der Waals surface area (Å²) in [6.45, 7) is 9.90. The molecule has 1 aromatic carbocycles. The zero-order chi connectivity index (χ0) is 23.2. The lowest BCUT2D eigenvalue weighted by Gasteiger charge is -2.34. The number of nitrogens with one attached hydrogen (secondary N) is 1. The molecule has 0 unspecified atom stereocenters. The number of fused-ring (bicyclic) bond motifs is 3. The summed E-state index contributed by atoms with van der Waals surface area (Å²) < 4.78 is 17.3.